The molecule has 0 aromatic heterocycles. The molecule has 1 aromatic carbocycles. The zero-order valence-electron chi connectivity index (χ0n) is 7.80. The quantitative estimate of drug-likeness (QED) is 0.582. The minimum absolute atomic E-state index is 0.137. The first kappa shape index (κ1) is 11.4. The van der Waals surface area contributed by atoms with Crippen LogP contribution in [0.2, 0.25) is 0 Å². The van der Waals surface area contributed by atoms with Crippen molar-refractivity contribution in [1.82, 2.24) is 0 Å². The van der Waals surface area contributed by atoms with Crippen LogP contribution >= 0.6 is 0 Å². The van der Waals surface area contributed by atoms with Crippen LogP contribution in [0.1, 0.15) is 5.56 Å². The monoisotopic (exact) mass is 231 g/mol. The molecule has 1 aromatic rings. The zero-order chi connectivity index (χ0) is 11.6. The van der Waals surface area contributed by atoms with Crippen molar-refractivity contribution in [2.75, 3.05) is 4.72 Å². The maximum Gasteiger partial charge on any atom is 0.296 e. The molecule has 1 rings (SSSR count). The molecule has 0 atom stereocenters. The normalized spacial score (nSPS) is 11.1. The fourth-order valence-corrected chi connectivity index (χ4v) is 1.51. The van der Waals surface area contributed by atoms with Crippen LogP contribution in [0.5, 0.6) is 0 Å². The van der Waals surface area contributed by atoms with Gasteiger partial charge in [0.1, 0.15) is 5.69 Å². The van der Waals surface area contributed by atoms with E-state index in [1.807, 2.05) is 4.72 Å². The summed E-state index contributed by atoms with van der Waals surface area (Å²) in [5.74, 6) is 0. The fraction of sp³-hybridized carbons (Fsp3) is 0.143. The number of hydrogen-bond donors (Lipinski definition) is 2. The molecule has 0 amide bonds. The second-order valence-electron chi connectivity index (χ2n) is 2.92. The van der Waals surface area contributed by atoms with Gasteiger partial charge in [0, 0.05) is 6.07 Å². The molecule has 0 radical (unpaired) electrons. The average Bonchev–Trinajstić information content (AvgIpc) is 1.99. The summed E-state index contributed by atoms with van der Waals surface area (Å²) in [5, 5.41) is 15.3. The Morgan fingerprint density at radius 2 is 2.07 bits per heavy atom. The number of nitrogens with two attached hydrogens (primary N) is 1. The third-order valence-electron chi connectivity index (χ3n) is 1.60. The Kier molecular flexibility index (Phi) is 2.91. The fourth-order valence-electron chi connectivity index (χ4n) is 1.04. The van der Waals surface area contributed by atoms with E-state index >= 15 is 0 Å². The lowest BCUT2D eigenvalue weighted by Crippen LogP contribution is -2.22. The van der Waals surface area contributed by atoms with Gasteiger partial charge in [0.15, 0.2) is 0 Å². The van der Waals surface area contributed by atoms with Gasteiger partial charge in [0.25, 0.3) is 15.9 Å². The number of aryl methyl sites for hydroxylation is 1. The molecular weight excluding hydrogens is 222 g/mol. The van der Waals surface area contributed by atoms with E-state index in [2.05, 4.69) is 0 Å². The Bertz CT molecular complexity index is 497. The number of nitrogens with zero attached hydrogens (tertiary/aromatic N) is 1. The number of anilines is 1. The molecular formula is C7H9N3O4S. The van der Waals surface area contributed by atoms with Gasteiger partial charge in [-0.05, 0) is 18.6 Å². The summed E-state index contributed by atoms with van der Waals surface area (Å²) in [7, 11) is -4.00. The lowest BCUT2D eigenvalue weighted by molar-refractivity contribution is -0.383. The molecule has 0 saturated carbocycles. The van der Waals surface area contributed by atoms with Crippen molar-refractivity contribution in [1.29, 1.82) is 0 Å². The summed E-state index contributed by atoms with van der Waals surface area (Å²) < 4.78 is 23.3. The van der Waals surface area contributed by atoms with Gasteiger partial charge < -0.3 is 0 Å². The van der Waals surface area contributed by atoms with E-state index in [-0.39, 0.29) is 11.4 Å². The summed E-state index contributed by atoms with van der Waals surface area (Å²) in [4.78, 5) is 9.86. The molecule has 0 aliphatic carbocycles. The highest BCUT2D eigenvalue weighted by Gasteiger charge is 2.16. The van der Waals surface area contributed by atoms with Gasteiger partial charge >= 0.3 is 0 Å². The van der Waals surface area contributed by atoms with Crippen LogP contribution in [0.25, 0.3) is 0 Å². The van der Waals surface area contributed by atoms with Gasteiger partial charge in [-0.1, -0.05) is 6.07 Å². The summed E-state index contributed by atoms with van der Waals surface area (Å²) >= 11 is 0. The molecule has 15 heavy (non-hydrogen) atoms. The van der Waals surface area contributed by atoms with Crippen LogP contribution in [0.3, 0.4) is 0 Å². The van der Waals surface area contributed by atoms with Crippen LogP contribution in [0.15, 0.2) is 18.2 Å². The highest BCUT2D eigenvalue weighted by Crippen LogP contribution is 2.25. The van der Waals surface area contributed by atoms with E-state index in [1.54, 1.807) is 6.92 Å². The van der Waals surface area contributed by atoms with Crippen LogP contribution < -0.4 is 9.86 Å². The number of benzene rings is 1. The zero-order valence-corrected chi connectivity index (χ0v) is 8.61. The topological polar surface area (TPSA) is 115 Å². The molecule has 3 N–H and O–H groups in total. The molecule has 8 heteroatoms. The highest BCUT2D eigenvalue weighted by molar-refractivity contribution is 7.90. The van der Waals surface area contributed by atoms with Gasteiger partial charge in [0.2, 0.25) is 0 Å². The third-order valence-corrected chi connectivity index (χ3v) is 2.11. The van der Waals surface area contributed by atoms with Crippen molar-refractivity contribution >= 4 is 21.6 Å². The van der Waals surface area contributed by atoms with Crippen LogP contribution in [0, 0.1) is 17.0 Å². The van der Waals surface area contributed by atoms with Crippen LogP contribution in [0.4, 0.5) is 11.4 Å². The third kappa shape index (κ3) is 3.18. The number of nitrogens with one attached hydrogen (secondary N) is 1. The van der Waals surface area contributed by atoms with Gasteiger partial charge in [-0.25, -0.2) is 5.14 Å². The molecule has 0 fully saturated rings. The summed E-state index contributed by atoms with van der Waals surface area (Å²) in [6, 6.07) is 4.05. The van der Waals surface area contributed by atoms with E-state index in [0.29, 0.717) is 5.56 Å². The molecule has 0 unspecified atom stereocenters. The maximum atomic E-state index is 10.7. The van der Waals surface area contributed by atoms with Crippen LogP contribution in [-0.2, 0) is 10.2 Å². The Morgan fingerprint density at radius 1 is 1.47 bits per heavy atom. The van der Waals surface area contributed by atoms with Crippen molar-refractivity contribution in [2.45, 2.75) is 6.92 Å². The van der Waals surface area contributed by atoms with Crippen molar-refractivity contribution in [3.05, 3.63) is 33.9 Å². The van der Waals surface area contributed by atoms with E-state index in [9.17, 15) is 18.5 Å². The average molecular weight is 231 g/mol. The SMILES string of the molecule is Cc1ccc([N+](=O)[O-])c(NS(N)(=O)=O)c1. The van der Waals surface area contributed by atoms with Gasteiger partial charge in [-0.3, -0.25) is 14.8 Å². The predicted octanol–water partition coefficient (Wildman–Crippen LogP) is 0.519. The summed E-state index contributed by atoms with van der Waals surface area (Å²) in [6.07, 6.45) is 0. The predicted molar refractivity (Wildman–Crippen MR) is 54.6 cm³/mol. The smallest absolute Gasteiger partial charge is 0.264 e. The maximum absolute atomic E-state index is 10.7. The van der Waals surface area contributed by atoms with Crippen LogP contribution in [-0.4, -0.2) is 13.3 Å². The van der Waals surface area contributed by atoms with Gasteiger partial charge in [0.05, 0.1) is 4.92 Å². The van der Waals surface area contributed by atoms with E-state index < -0.39 is 15.1 Å². The van der Waals surface area contributed by atoms with Gasteiger partial charge in [-0.15, -0.1) is 0 Å². The molecule has 0 spiro atoms. The van der Waals surface area contributed by atoms with Crippen molar-refractivity contribution in [2.24, 2.45) is 5.14 Å². The van der Waals surface area contributed by atoms with E-state index in [1.165, 1.54) is 18.2 Å². The molecule has 0 bridgehead atoms. The first-order valence-corrected chi connectivity index (χ1v) is 5.40. The minimum atomic E-state index is -4.00. The standard InChI is InChI=1S/C7H9N3O4S/c1-5-2-3-7(10(11)12)6(4-5)9-15(8,13)14/h2-4,9H,1H3,(H2,8,13,14). The number of hydrogen-bond acceptors (Lipinski definition) is 4. The summed E-state index contributed by atoms with van der Waals surface area (Å²) in [5.41, 5.74) is 0.212. The molecule has 0 aliphatic rings. The van der Waals surface area contributed by atoms with Gasteiger partial charge in [-0.2, -0.15) is 8.42 Å². The largest absolute Gasteiger partial charge is 0.296 e. The number of nitro benzene ring substituents is 1. The minimum Gasteiger partial charge on any atom is -0.264 e. The Balaban J connectivity index is 3.25. The lowest BCUT2D eigenvalue weighted by Gasteiger charge is -2.04. The van der Waals surface area contributed by atoms with E-state index in [4.69, 9.17) is 5.14 Å². The molecule has 7 nitrogen and oxygen atoms in total. The molecule has 0 heterocycles. The molecule has 82 valence electrons. The lowest BCUT2D eigenvalue weighted by atomic mass is 10.2. The van der Waals surface area contributed by atoms with E-state index in [0.717, 1.165) is 0 Å². The Hall–Kier alpha value is -1.67. The summed E-state index contributed by atoms with van der Waals surface area (Å²) in [6.45, 7) is 1.68. The molecule has 0 aliphatic heterocycles. The number of nitro groups is 1. The van der Waals surface area contributed by atoms with Crippen molar-refractivity contribution < 1.29 is 13.3 Å². The second-order valence-corrected chi connectivity index (χ2v) is 4.22. The highest BCUT2D eigenvalue weighted by atomic mass is 32.2. The first-order valence-electron chi connectivity index (χ1n) is 3.85. The molecule has 0 saturated heterocycles. The second kappa shape index (κ2) is 3.83. The van der Waals surface area contributed by atoms with Crippen molar-refractivity contribution in [3.8, 4) is 0 Å². The number of rotatable bonds is 3. The van der Waals surface area contributed by atoms with Crippen molar-refractivity contribution in [3.63, 3.8) is 0 Å². The Morgan fingerprint density at radius 3 is 2.53 bits per heavy atom. The first-order chi connectivity index (χ1) is 6.79. The Labute approximate surface area is 86.2 Å².